The lowest BCUT2D eigenvalue weighted by molar-refractivity contribution is -0.140. The van der Waals surface area contributed by atoms with Gasteiger partial charge in [-0.3, -0.25) is 4.79 Å². The van der Waals surface area contributed by atoms with Gasteiger partial charge in [-0.25, -0.2) is 0 Å². The molecule has 0 amide bonds. The second-order valence-electron chi connectivity index (χ2n) is 4.47. The monoisotopic (exact) mass is 299 g/mol. The maximum Gasteiger partial charge on any atom is 0.305 e. The van der Waals surface area contributed by atoms with Gasteiger partial charge in [-0.05, 0) is 37.1 Å². The van der Waals surface area contributed by atoms with Gasteiger partial charge in [-0.15, -0.1) is 0 Å². The number of methoxy groups -OCH3 is 1. The van der Waals surface area contributed by atoms with E-state index in [1.807, 2.05) is 18.2 Å². The van der Waals surface area contributed by atoms with Crippen molar-refractivity contribution < 1.29 is 14.3 Å². The van der Waals surface area contributed by atoms with Crippen LogP contribution in [0.5, 0.6) is 5.75 Å². The summed E-state index contributed by atoms with van der Waals surface area (Å²) in [7, 11) is 1.38. The van der Waals surface area contributed by atoms with Gasteiger partial charge in [0.2, 0.25) is 0 Å². The van der Waals surface area contributed by atoms with Crippen molar-refractivity contribution in [2.24, 2.45) is 0 Å². The molecule has 5 heteroatoms. The van der Waals surface area contributed by atoms with Crippen molar-refractivity contribution in [1.82, 2.24) is 5.32 Å². The van der Waals surface area contributed by atoms with Gasteiger partial charge in [0.25, 0.3) is 0 Å². The van der Waals surface area contributed by atoms with Crippen LogP contribution in [-0.2, 0) is 16.1 Å². The molecule has 20 heavy (non-hydrogen) atoms. The summed E-state index contributed by atoms with van der Waals surface area (Å²) in [5.74, 6) is 0.424. The van der Waals surface area contributed by atoms with E-state index in [4.69, 9.17) is 16.3 Å². The summed E-state index contributed by atoms with van der Waals surface area (Å²) < 4.78 is 10.1. The van der Waals surface area contributed by atoms with E-state index in [9.17, 15) is 4.79 Å². The average molecular weight is 300 g/mol. The van der Waals surface area contributed by atoms with Crippen LogP contribution in [0.15, 0.2) is 18.2 Å². The highest BCUT2D eigenvalue weighted by atomic mass is 35.5. The third-order valence-electron chi connectivity index (χ3n) is 2.76. The molecule has 0 unspecified atom stereocenters. The molecule has 0 aromatic heterocycles. The Morgan fingerprint density at radius 3 is 2.85 bits per heavy atom. The van der Waals surface area contributed by atoms with Crippen LogP contribution in [0.1, 0.15) is 31.7 Å². The summed E-state index contributed by atoms with van der Waals surface area (Å²) in [6.45, 7) is 4.37. The average Bonchev–Trinajstić information content (AvgIpc) is 2.45. The molecule has 0 spiro atoms. The Kier molecular flexibility index (Phi) is 8.07. The molecule has 0 atom stereocenters. The number of carbonyl (C=O) groups is 1. The van der Waals surface area contributed by atoms with Gasteiger partial charge in [-0.2, -0.15) is 0 Å². The summed E-state index contributed by atoms with van der Waals surface area (Å²) in [6, 6.07) is 5.76. The maximum absolute atomic E-state index is 10.9. The van der Waals surface area contributed by atoms with Crippen molar-refractivity contribution in [2.45, 2.75) is 32.7 Å². The second-order valence-corrected chi connectivity index (χ2v) is 4.88. The Morgan fingerprint density at radius 2 is 2.20 bits per heavy atom. The number of hydrogen-bond donors (Lipinski definition) is 1. The van der Waals surface area contributed by atoms with E-state index in [1.165, 1.54) is 7.11 Å². The summed E-state index contributed by atoms with van der Waals surface area (Å²) in [6.07, 6.45) is 2.07. The molecule has 0 bridgehead atoms. The Morgan fingerprint density at radius 1 is 1.40 bits per heavy atom. The summed E-state index contributed by atoms with van der Waals surface area (Å²) in [5.41, 5.74) is 1.13. The molecule has 0 aliphatic rings. The van der Waals surface area contributed by atoms with Crippen LogP contribution in [0, 0.1) is 0 Å². The Labute approximate surface area is 125 Å². The second kappa shape index (κ2) is 9.61. The summed E-state index contributed by atoms with van der Waals surface area (Å²) in [4.78, 5) is 10.9. The van der Waals surface area contributed by atoms with Gasteiger partial charge >= 0.3 is 5.97 Å². The van der Waals surface area contributed by atoms with E-state index in [1.54, 1.807) is 0 Å². The van der Waals surface area contributed by atoms with Crippen LogP contribution in [0.4, 0.5) is 0 Å². The molecule has 0 radical (unpaired) electrons. The van der Waals surface area contributed by atoms with Crippen molar-refractivity contribution in [2.75, 3.05) is 20.3 Å². The number of esters is 1. The molecule has 1 N–H and O–H groups in total. The van der Waals surface area contributed by atoms with Crippen LogP contribution in [0.2, 0.25) is 5.02 Å². The molecular formula is C15H22ClNO3. The molecule has 112 valence electrons. The highest BCUT2D eigenvalue weighted by Gasteiger charge is 2.04. The zero-order valence-electron chi connectivity index (χ0n) is 12.1. The van der Waals surface area contributed by atoms with E-state index in [2.05, 4.69) is 17.0 Å². The Hall–Kier alpha value is -1.26. The van der Waals surface area contributed by atoms with Crippen LogP contribution < -0.4 is 10.1 Å². The van der Waals surface area contributed by atoms with E-state index in [0.29, 0.717) is 30.2 Å². The van der Waals surface area contributed by atoms with Crippen molar-refractivity contribution in [1.29, 1.82) is 0 Å². The van der Waals surface area contributed by atoms with Gasteiger partial charge in [0.05, 0.1) is 18.7 Å². The molecule has 0 heterocycles. The van der Waals surface area contributed by atoms with E-state index in [0.717, 1.165) is 25.1 Å². The lowest BCUT2D eigenvalue weighted by Gasteiger charge is -2.10. The standard InChI is InChI=1S/C15H22ClNO3/c1-3-8-17-11-12-6-7-14(13(16)10-12)20-9-4-5-15(18)19-2/h6-7,10,17H,3-5,8-9,11H2,1-2H3. The molecule has 1 aromatic rings. The van der Waals surface area contributed by atoms with Crippen LogP contribution in [0.25, 0.3) is 0 Å². The minimum absolute atomic E-state index is 0.225. The van der Waals surface area contributed by atoms with Crippen molar-refractivity contribution in [3.05, 3.63) is 28.8 Å². The normalized spacial score (nSPS) is 10.3. The molecule has 1 rings (SSSR count). The number of benzene rings is 1. The molecule has 0 aliphatic heterocycles. The number of nitrogens with one attached hydrogen (secondary N) is 1. The smallest absolute Gasteiger partial charge is 0.305 e. The first kappa shape index (κ1) is 16.8. The topological polar surface area (TPSA) is 47.6 Å². The first-order valence-corrected chi connectivity index (χ1v) is 7.24. The largest absolute Gasteiger partial charge is 0.492 e. The fraction of sp³-hybridized carbons (Fsp3) is 0.533. The lowest BCUT2D eigenvalue weighted by Crippen LogP contribution is -2.13. The van der Waals surface area contributed by atoms with Gasteiger partial charge in [0, 0.05) is 13.0 Å². The zero-order chi connectivity index (χ0) is 14.8. The number of ether oxygens (including phenoxy) is 2. The fourth-order valence-electron chi connectivity index (χ4n) is 1.68. The summed E-state index contributed by atoms with van der Waals surface area (Å²) >= 11 is 6.17. The Bertz CT molecular complexity index is 424. The lowest BCUT2D eigenvalue weighted by atomic mass is 10.2. The van der Waals surface area contributed by atoms with Crippen molar-refractivity contribution in [3.63, 3.8) is 0 Å². The number of carbonyl (C=O) groups excluding carboxylic acids is 1. The van der Waals surface area contributed by atoms with Crippen LogP contribution in [-0.4, -0.2) is 26.2 Å². The predicted molar refractivity (Wildman–Crippen MR) is 80.2 cm³/mol. The van der Waals surface area contributed by atoms with Gasteiger partial charge < -0.3 is 14.8 Å². The zero-order valence-corrected chi connectivity index (χ0v) is 12.8. The molecule has 0 fully saturated rings. The first-order valence-electron chi connectivity index (χ1n) is 6.86. The van der Waals surface area contributed by atoms with Gasteiger partial charge in [0.1, 0.15) is 5.75 Å². The molecule has 4 nitrogen and oxygen atoms in total. The molecular weight excluding hydrogens is 278 g/mol. The number of hydrogen-bond acceptors (Lipinski definition) is 4. The van der Waals surface area contributed by atoms with Crippen LogP contribution in [0.3, 0.4) is 0 Å². The highest BCUT2D eigenvalue weighted by Crippen LogP contribution is 2.25. The minimum atomic E-state index is -0.225. The van der Waals surface area contributed by atoms with Crippen molar-refractivity contribution >= 4 is 17.6 Å². The molecule has 1 aromatic carbocycles. The number of halogens is 1. The quantitative estimate of drug-likeness (QED) is 0.562. The van der Waals surface area contributed by atoms with E-state index < -0.39 is 0 Å². The van der Waals surface area contributed by atoms with Gasteiger partial charge in [0.15, 0.2) is 0 Å². The first-order chi connectivity index (χ1) is 9.67. The third-order valence-corrected chi connectivity index (χ3v) is 3.06. The molecule has 0 aliphatic carbocycles. The van der Waals surface area contributed by atoms with E-state index in [-0.39, 0.29) is 5.97 Å². The van der Waals surface area contributed by atoms with Crippen molar-refractivity contribution in [3.8, 4) is 5.75 Å². The molecule has 0 saturated carbocycles. The van der Waals surface area contributed by atoms with E-state index >= 15 is 0 Å². The fourth-order valence-corrected chi connectivity index (χ4v) is 1.94. The third kappa shape index (κ3) is 6.26. The maximum atomic E-state index is 10.9. The summed E-state index contributed by atoms with van der Waals surface area (Å²) in [5, 5.41) is 3.91. The van der Waals surface area contributed by atoms with Crippen LogP contribution >= 0.6 is 11.6 Å². The minimum Gasteiger partial charge on any atom is -0.492 e. The Balaban J connectivity index is 2.37. The highest BCUT2D eigenvalue weighted by molar-refractivity contribution is 6.32. The number of rotatable bonds is 9. The molecule has 0 saturated heterocycles. The SMILES string of the molecule is CCCNCc1ccc(OCCCC(=O)OC)c(Cl)c1. The predicted octanol–water partition coefficient (Wildman–Crippen LogP) is 3.17. The van der Waals surface area contributed by atoms with Gasteiger partial charge in [-0.1, -0.05) is 24.6 Å².